The fraction of sp³-hybridized carbons (Fsp3) is 0.0625. The van der Waals surface area contributed by atoms with Crippen LogP contribution in [0.5, 0.6) is 23.0 Å². The molecule has 10 nitrogen and oxygen atoms in total. The van der Waals surface area contributed by atoms with Crippen LogP contribution in [0.2, 0.25) is 0 Å². The number of ether oxygens (including phenoxy) is 1. The third-order valence-electron chi connectivity index (χ3n) is 7.92. The molecule has 0 fully saturated rings. The van der Waals surface area contributed by atoms with Crippen molar-refractivity contribution in [3.8, 4) is 28.7 Å². The van der Waals surface area contributed by atoms with Gasteiger partial charge in [0, 0.05) is 38.9 Å². The molecule has 0 bridgehead atoms. The van der Waals surface area contributed by atoms with Gasteiger partial charge in [0.25, 0.3) is 5.56 Å². The van der Waals surface area contributed by atoms with E-state index in [-0.39, 0.29) is 49.5 Å². The van der Waals surface area contributed by atoms with E-state index < -0.39 is 45.4 Å². The number of carbonyl (C=O) groups is 2. The summed E-state index contributed by atoms with van der Waals surface area (Å²) in [5, 5.41) is 36.2. The Morgan fingerprint density at radius 2 is 1.50 bits per heavy atom. The van der Waals surface area contributed by atoms with Gasteiger partial charge in [-0.15, -0.1) is 0 Å². The summed E-state index contributed by atoms with van der Waals surface area (Å²) in [6, 6.07) is 14.5. The minimum atomic E-state index is -0.895. The van der Waals surface area contributed by atoms with Crippen molar-refractivity contribution in [2.75, 3.05) is 7.11 Å². The number of hydrogen-bond donors (Lipinski definition) is 4. The van der Waals surface area contributed by atoms with E-state index in [1.54, 1.807) is 48.7 Å². The van der Waals surface area contributed by atoms with Gasteiger partial charge in [0.05, 0.1) is 34.9 Å². The highest BCUT2D eigenvalue weighted by molar-refractivity contribution is 6.33. The molecule has 5 aromatic carbocycles. The van der Waals surface area contributed by atoms with E-state index in [4.69, 9.17) is 4.74 Å². The maximum absolute atomic E-state index is 14.2. The third-order valence-corrected chi connectivity index (χ3v) is 7.92. The molecule has 0 amide bonds. The summed E-state index contributed by atoms with van der Waals surface area (Å²) in [5.74, 6) is -3.28. The van der Waals surface area contributed by atoms with E-state index in [1.807, 2.05) is 0 Å². The van der Waals surface area contributed by atoms with Crippen LogP contribution in [0.4, 0.5) is 0 Å². The molecule has 1 aromatic heterocycles. The molecule has 4 N–H and O–H groups in total. The van der Waals surface area contributed by atoms with Crippen molar-refractivity contribution in [1.29, 1.82) is 0 Å². The molecular formula is C32H20N2O8. The molecule has 206 valence electrons. The standard InChI is InChI=1S/C32H20N2O8/c1-13-19(35)11-18-23(26(13)36)30(40)25-24(27(18)37)29(39)22-17(31(25)42-2)9-8-14-10-15-12-33-34(16-6-4-3-5-7-16)32(41)21(15)28(38)20(14)22/h3-12,33,35-36,38H,1-2H3. The molecule has 0 atom stereocenters. The largest absolute Gasteiger partial charge is 0.508 e. The van der Waals surface area contributed by atoms with Crippen LogP contribution in [0.25, 0.3) is 38.0 Å². The number of hydrogen-bond acceptors (Lipinski definition) is 8. The number of phenols is 3. The van der Waals surface area contributed by atoms with Gasteiger partial charge in [-0.2, -0.15) is 0 Å². The van der Waals surface area contributed by atoms with Crippen molar-refractivity contribution in [3.63, 3.8) is 0 Å². The minimum Gasteiger partial charge on any atom is -0.508 e. The van der Waals surface area contributed by atoms with E-state index >= 15 is 0 Å². The number of fused-ring (bicyclic) bond motifs is 6. The summed E-state index contributed by atoms with van der Waals surface area (Å²) in [6.07, 6.45) is 1.55. The Bertz CT molecular complexity index is 2350. The zero-order valence-corrected chi connectivity index (χ0v) is 22.1. The normalized spacial score (nSPS) is 12.6. The molecule has 0 spiro atoms. The molecule has 0 saturated carbocycles. The average Bonchev–Trinajstić information content (AvgIpc) is 2.98. The summed E-state index contributed by atoms with van der Waals surface area (Å²) >= 11 is 0. The van der Waals surface area contributed by atoms with Crippen LogP contribution in [-0.2, 0) is 0 Å². The maximum Gasteiger partial charge on any atom is 0.281 e. The zero-order valence-electron chi connectivity index (χ0n) is 22.1. The predicted molar refractivity (Wildman–Crippen MR) is 155 cm³/mol. The van der Waals surface area contributed by atoms with Crippen LogP contribution in [-0.4, -0.2) is 43.8 Å². The maximum atomic E-state index is 14.2. The number of ketones is 2. The first-order valence-corrected chi connectivity index (χ1v) is 12.8. The summed E-state index contributed by atoms with van der Waals surface area (Å²) in [4.78, 5) is 55.2. The van der Waals surface area contributed by atoms with Gasteiger partial charge < -0.3 is 20.1 Å². The molecule has 0 unspecified atom stereocenters. The molecule has 0 radical (unpaired) electrons. The molecule has 6 aromatic rings. The molecular weight excluding hydrogens is 540 g/mol. The lowest BCUT2D eigenvalue weighted by Crippen LogP contribution is -2.29. The monoisotopic (exact) mass is 560 g/mol. The first-order valence-electron chi connectivity index (χ1n) is 12.8. The van der Waals surface area contributed by atoms with E-state index in [0.717, 1.165) is 6.07 Å². The number of methoxy groups -OCH3 is 1. The molecule has 0 saturated heterocycles. The van der Waals surface area contributed by atoms with Gasteiger partial charge in [0.1, 0.15) is 23.0 Å². The number of aromatic nitrogens is 2. The van der Waals surface area contributed by atoms with Gasteiger partial charge >= 0.3 is 0 Å². The van der Waals surface area contributed by atoms with Crippen LogP contribution in [0.1, 0.15) is 37.4 Å². The number of aromatic hydroxyl groups is 3. The van der Waals surface area contributed by atoms with Crippen LogP contribution in [0.3, 0.4) is 0 Å². The summed E-state index contributed by atoms with van der Waals surface area (Å²) in [6.45, 7) is 1.39. The first-order chi connectivity index (χ1) is 20.1. The quantitative estimate of drug-likeness (QED) is 0.181. The second kappa shape index (κ2) is 8.55. The van der Waals surface area contributed by atoms with E-state index in [1.165, 1.54) is 24.8 Å². The van der Waals surface area contributed by atoms with Gasteiger partial charge in [-0.25, -0.2) is 4.68 Å². The highest BCUT2D eigenvalue weighted by Crippen LogP contribution is 2.45. The number of nitrogens with zero attached hydrogens (tertiary/aromatic N) is 1. The lowest BCUT2D eigenvalue weighted by molar-refractivity contribution is 0.0973. The van der Waals surface area contributed by atoms with Crippen molar-refractivity contribution in [3.05, 3.63) is 109 Å². The minimum absolute atomic E-state index is 0.00153. The Morgan fingerprint density at radius 3 is 2.21 bits per heavy atom. The van der Waals surface area contributed by atoms with Crippen LogP contribution < -0.4 is 15.7 Å². The van der Waals surface area contributed by atoms with Gasteiger partial charge in [-0.3, -0.25) is 24.3 Å². The van der Waals surface area contributed by atoms with Crippen molar-refractivity contribution < 1.29 is 29.6 Å². The number of aromatic amines is 1. The molecule has 1 aliphatic rings. The molecule has 7 rings (SSSR count). The second-order valence-corrected chi connectivity index (χ2v) is 10.1. The number of benzene rings is 5. The van der Waals surface area contributed by atoms with Crippen molar-refractivity contribution >= 4 is 43.9 Å². The average molecular weight is 561 g/mol. The van der Waals surface area contributed by atoms with E-state index in [0.29, 0.717) is 16.5 Å². The molecule has 1 heterocycles. The highest BCUT2D eigenvalue weighted by Gasteiger charge is 2.39. The number of carbonyl (C=O) groups excluding carboxylic acids is 2. The molecule has 42 heavy (non-hydrogen) atoms. The second-order valence-electron chi connectivity index (χ2n) is 10.1. The Balaban J connectivity index is 1.64. The fourth-order valence-electron chi connectivity index (χ4n) is 5.89. The van der Waals surface area contributed by atoms with Crippen molar-refractivity contribution in [1.82, 2.24) is 9.78 Å². The van der Waals surface area contributed by atoms with Crippen LogP contribution in [0, 0.1) is 6.92 Å². The Labute approximate surface area is 235 Å². The Morgan fingerprint density at radius 1 is 0.762 bits per heavy atom. The number of nitrogens with one attached hydrogen (secondary N) is 1. The third kappa shape index (κ3) is 3.08. The van der Waals surface area contributed by atoms with E-state index in [9.17, 15) is 34.5 Å². The number of phenolic OH excluding ortho intramolecular Hbond substituents is 3. The molecule has 1 aliphatic carbocycles. The van der Waals surface area contributed by atoms with Crippen LogP contribution in [0.15, 0.2) is 70.4 Å². The Kier molecular flexibility index (Phi) is 5.11. The molecule has 0 aliphatic heterocycles. The van der Waals surface area contributed by atoms with Gasteiger partial charge in [-0.1, -0.05) is 24.3 Å². The van der Waals surface area contributed by atoms with Crippen LogP contribution >= 0.6 is 0 Å². The highest BCUT2D eigenvalue weighted by atomic mass is 16.5. The first kappa shape index (κ1) is 25.1. The smallest absolute Gasteiger partial charge is 0.281 e. The van der Waals surface area contributed by atoms with Gasteiger partial charge in [0.15, 0.2) is 11.2 Å². The number of H-pyrrole nitrogens is 1. The van der Waals surface area contributed by atoms with Gasteiger partial charge in [0.2, 0.25) is 5.78 Å². The lowest BCUT2D eigenvalue weighted by atomic mass is 9.79. The fourth-order valence-corrected chi connectivity index (χ4v) is 5.89. The lowest BCUT2D eigenvalue weighted by Gasteiger charge is -2.23. The summed E-state index contributed by atoms with van der Waals surface area (Å²) in [7, 11) is 1.27. The van der Waals surface area contributed by atoms with Crippen molar-refractivity contribution in [2.45, 2.75) is 6.92 Å². The van der Waals surface area contributed by atoms with Crippen molar-refractivity contribution in [2.24, 2.45) is 0 Å². The van der Waals surface area contributed by atoms with Gasteiger partial charge in [-0.05, 0) is 42.6 Å². The summed E-state index contributed by atoms with van der Waals surface area (Å²) in [5.41, 5.74) is -2.43. The zero-order chi connectivity index (χ0) is 29.6. The van der Waals surface area contributed by atoms with E-state index in [2.05, 4.69) is 5.10 Å². The number of rotatable bonds is 2. The molecule has 10 heteroatoms. The number of para-hydroxylation sites is 1. The SMILES string of the molecule is COc1c2c(c(=O)c3c1ccc1cc4c[nH]n(-c5ccccc5)c(=O)c4c(O)c13)C(=O)c1cc(O)c(C)c(O)c1C2=O. The Hall–Kier alpha value is -5.90. The topological polar surface area (TPSA) is 159 Å². The summed E-state index contributed by atoms with van der Waals surface area (Å²) < 4.78 is 6.84. The predicted octanol–water partition coefficient (Wildman–Crippen LogP) is 4.19.